The molecule has 4 rings (SSSR count). The summed E-state index contributed by atoms with van der Waals surface area (Å²) in [5.41, 5.74) is -0.313. The lowest BCUT2D eigenvalue weighted by molar-refractivity contribution is -0.312. The zero-order valence-electron chi connectivity index (χ0n) is 30.5. The molecule has 0 spiro atoms. The zero-order valence-corrected chi connectivity index (χ0v) is 30.5. The summed E-state index contributed by atoms with van der Waals surface area (Å²) in [6.07, 6.45) is -13.4. The van der Waals surface area contributed by atoms with Gasteiger partial charge in [-0.3, -0.25) is 28.8 Å². The van der Waals surface area contributed by atoms with E-state index in [1.165, 1.54) is 25.8 Å². The van der Waals surface area contributed by atoms with Crippen molar-refractivity contribution in [3.05, 3.63) is 35.4 Å². The molecule has 3 aliphatic heterocycles. The number of hydrogen-bond acceptors (Lipinski definition) is 9. The summed E-state index contributed by atoms with van der Waals surface area (Å²) in [7, 11) is 1.31. The first-order chi connectivity index (χ1) is 26.0. The first-order valence-electron chi connectivity index (χ1n) is 17.7. The molecule has 0 saturated carbocycles. The van der Waals surface area contributed by atoms with Gasteiger partial charge in [-0.15, -0.1) is 0 Å². The van der Waals surface area contributed by atoms with Gasteiger partial charge in [0.15, 0.2) is 6.29 Å². The minimum Gasteiger partial charge on any atom is -0.386 e. The highest BCUT2D eigenvalue weighted by Crippen LogP contribution is 2.39. The van der Waals surface area contributed by atoms with Crippen LogP contribution in [0.1, 0.15) is 51.5 Å². The molecule has 3 aliphatic rings. The van der Waals surface area contributed by atoms with Gasteiger partial charge < -0.3 is 45.6 Å². The van der Waals surface area contributed by atoms with Crippen molar-refractivity contribution < 1.29 is 74.5 Å². The lowest BCUT2D eigenvalue weighted by Crippen LogP contribution is -2.60. The van der Waals surface area contributed by atoms with E-state index >= 15 is 0 Å². The van der Waals surface area contributed by atoms with E-state index in [0.29, 0.717) is 12.5 Å². The molecule has 3 heterocycles. The Kier molecular flexibility index (Phi) is 14.0. The first kappa shape index (κ1) is 44.1. The summed E-state index contributed by atoms with van der Waals surface area (Å²) in [4.78, 5) is 84.2. The summed E-state index contributed by atoms with van der Waals surface area (Å²) < 4.78 is 99.8. The number of halogens is 7. The van der Waals surface area contributed by atoms with Gasteiger partial charge in [0.25, 0.3) is 0 Å². The Hall–Kier alpha value is -4.57. The van der Waals surface area contributed by atoms with Crippen LogP contribution in [-0.2, 0) is 39.9 Å². The largest absolute Gasteiger partial charge is 0.456 e. The van der Waals surface area contributed by atoms with Gasteiger partial charge >= 0.3 is 12.1 Å². The number of likely N-dealkylation sites (N-methyl/N-ethyl adjacent to an activating group) is 1. The number of carbonyl (C=O) groups excluding carboxylic acids is 6. The maximum atomic E-state index is 14.2. The van der Waals surface area contributed by atoms with Gasteiger partial charge in [0.05, 0.1) is 19.1 Å². The number of rotatable bonds is 8. The van der Waals surface area contributed by atoms with E-state index < -0.39 is 127 Å². The standard InChI is InChI=1S/C34H43F7N6O9/c1-16-29(52)47-9-5-7-24(47)32(55)56-15-22(30(53)46-8-4-6-23(46)31(54)45(3)17(2)27(50)42-16)44-28(51)21(12-18-10-19(35)13-20(36)11-18)43-26(49)14-25(48)33(37,38)34(39,40)41/h10-11,13,16-17,21-25,32,48,55H,4-9,12,14-15H2,1-3H3,(H,42,50)(H,43,49)(H,44,51)/t16-,17-,21-,22-,23-,24-,25?,32?/m0/s1. The molecule has 0 radical (unpaired) electrons. The van der Waals surface area contributed by atoms with Gasteiger partial charge in [-0.2, -0.15) is 22.0 Å². The maximum Gasteiger partial charge on any atom is 0.456 e. The molecule has 312 valence electrons. The Morgan fingerprint density at radius 3 is 2.18 bits per heavy atom. The Morgan fingerprint density at radius 1 is 0.946 bits per heavy atom. The predicted octanol–water partition coefficient (Wildman–Crippen LogP) is 0.108. The number of carbonyl (C=O) groups is 6. The molecule has 0 aliphatic carbocycles. The van der Waals surface area contributed by atoms with Crippen LogP contribution in [0.25, 0.3) is 0 Å². The maximum absolute atomic E-state index is 14.2. The monoisotopic (exact) mass is 812 g/mol. The fourth-order valence-corrected chi connectivity index (χ4v) is 6.77. The van der Waals surface area contributed by atoms with Crippen LogP contribution < -0.4 is 16.0 Å². The minimum atomic E-state index is -6.26. The van der Waals surface area contributed by atoms with Gasteiger partial charge in [0.1, 0.15) is 47.9 Å². The van der Waals surface area contributed by atoms with E-state index in [1.807, 2.05) is 5.32 Å². The number of aliphatic hydroxyl groups is 2. The minimum absolute atomic E-state index is 0.0471. The van der Waals surface area contributed by atoms with Gasteiger partial charge in [0.2, 0.25) is 35.4 Å². The van der Waals surface area contributed by atoms with E-state index in [2.05, 4.69) is 10.6 Å². The van der Waals surface area contributed by atoms with Crippen molar-refractivity contribution in [3.63, 3.8) is 0 Å². The summed E-state index contributed by atoms with van der Waals surface area (Å²) in [6.45, 7) is 2.08. The van der Waals surface area contributed by atoms with E-state index in [-0.39, 0.29) is 37.9 Å². The smallest absolute Gasteiger partial charge is 0.386 e. The fraction of sp³-hybridized carbons (Fsp3) is 0.647. The first-order valence-corrected chi connectivity index (χ1v) is 17.7. The third-order valence-electron chi connectivity index (χ3n) is 10.0. The van der Waals surface area contributed by atoms with Crippen LogP contribution in [0.5, 0.6) is 0 Å². The van der Waals surface area contributed by atoms with Crippen LogP contribution in [0.2, 0.25) is 0 Å². The number of benzene rings is 1. The van der Waals surface area contributed by atoms with Crippen LogP contribution in [0.3, 0.4) is 0 Å². The Bertz CT molecular complexity index is 1650. The zero-order chi connectivity index (χ0) is 41.9. The molecule has 0 bridgehead atoms. The quantitative estimate of drug-likeness (QED) is 0.226. The molecule has 3 saturated heterocycles. The fourth-order valence-electron chi connectivity index (χ4n) is 6.77. The van der Waals surface area contributed by atoms with Gasteiger partial charge in [-0.05, 0) is 57.2 Å². The second-order valence-electron chi connectivity index (χ2n) is 14.0. The molecule has 1 aromatic carbocycles. The van der Waals surface area contributed by atoms with Crippen molar-refractivity contribution >= 4 is 35.4 Å². The van der Waals surface area contributed by atoms with Crippen molar-refractivity contribution in [2.45, 2.75) is 113 Å². The molecule has 56 heavy (non-hydrogen) atoms. The number of hydrogen-bond donors (Lipinski definition) is 5. The van der Waals surface area contributed by atoms with Crippen LogP contribution in [-0.4, -0.2) is 148 Å². The van der Waals surface area contributed by atoms with E-state index in [1.54, 1.807) is 0 Å². The van der Waals surface area contributed by atoms with Crippen LogP contribution in [0, 0.1) is 11.6 Å². The van der Waals surface area contributed by atoms with Gasteiger partial charge in [-0.25, -0.2) is 8.78 Å². The number of nitrogens with one attached hydrogen (secondary N) is 3. The molecule has 5 N–H and O–H groups in total. The van der Waals surface area contributed by atoms with Crippen molar-refractivity contribution in [1.82, 2.24) is 30.7 Å². The Labute approximate surface area is 315 Å². The van der Waals surface area contributed by atoms with Crippen LogP contribution in [0.15, 0.2) is 18.2 Å². The predicted molar refractivity (Wildman–Crippen MR) is 177 cm³/mol. The second-order valence-corrected chi connectivity index (χ2v) is 14.0. The average Bonchev–Trinajstić information content (AvgIpc) is 3.81. The summed E-state index contributed by atoms with van der Waals surface area (Å²) in [5.74, 6) is -14.1. The second kappa shape index (κ2) is 17.7. The van der Waals surface area contributed by atoms with Crippen LogP contribution >= 0.6 is 0 Å². The molecule has 1 aromatic rings. The van der Waals surface area contributed by atoms with Crippen molar-refractivity contribution in [3.8, 4) is 0 Å². The lowest BCUT2D eigenvalue weighted by Gasteiger charge is -2.35. The topological polar surface area (TPSA) is 198 Å². The summed E-state index contributed by atoms with van der Waals surface area (Å²) in [5, 5.41) is 27.3. The Morgan fingerprint density at radius 2 is 1.55 bits per heavy atom. The third-order valence-corrected chi connectivity index (χ3v) is 10.0. The highest BCUT2D eigenvalue weighted by atomic mass is 19.4. The van der Waals surface area contributed by atoms with Crippen molar-refractivity contribution in [1.29, 1.82) is 0 Å². The molecule has 2 unspecified atom stereocenters. The van der Waals surface area contributed by atoms with E-state index in [4.69, 9.17) is 4.74 Å². The van der Waals surface area contributed by atoms with Gasteiger partial charge in [-0.1, -0.05) is 0 Å². The van der Waals surface area contributed by atoms with E-state index in [0.717, 1.165) is 21.9 Å². The molecule has 22 heteroatoms. The molecular weight excluding hydrogens is 769 g/mol. The lowest BCUT2D eigenvalue weighted by atomic mass is 10.0. The molecule has 3 fully saturated rings. The molecular formula is C34H43F7N6O9. The highest BCUT2D eigenvalue weighted by molar-refractivity contribution is 5.96. The molecule has 15 nitrogen and oxygen atoms in total. The van der Waals surface area contributed by atoms with Crippen LogP contribution in [0.4, 0.5) is 30.7 Å². The normalized spacial score (nSPS) is 27.0. The third kappa shape index (κ3) is 10.0. The highest BCUT2D eigenvalue weighted by Gasteiger charge is 2.62. The average molecular weight is 813 g/mol. The van der Waals surface area contributed by atoms with Crippen molar-refractivity contribution in [2.75, 3.05) is 26.7 Å². The SMILES string of the molecule is C[C@@H]1NC(=O)[C@H](C)N(C)C(=O)[C@@H]2CCCN2C(=O)[C@@H](NC(=O)[C@H](Cc2cc(F)cc(F)c2)NC(=O)CC(O)C(F)(F)C(F)(F)F)COC(O)[C@@H]2CCCN2C1=O. The number of fused-ring (bicyclic) bond motifs is 2. The summed E-state index contributed by atoms with van der Waals surface area (Å²) >= 11 is 0. The number of aliphatic hydroxyl groups excluding tert-OH is 2. The number of nitrogens with zero attached hydrogens (tertiary/aromatic N) is 3. The Balaban J connectivity index is 1.68. The molecule has 8 atom stereocenters. The molecule has 0 aromatic heterocycles. The van der Waals surface area contributed by atoms with E-state index in [9.17, 15) is 69.7 Å². The van der Waals surface area contributed by atoms with Gasteiger partial charge in [0, 0.05) is 32.6 Å². The number of alkyl halides is 5. The summed E-state index contributed by atoms with van der Waals surface area (Å²) in [6, 6.07) is -6.34. The number of ether oxygens (including phenoxy) is 1. The van der Waals surface area contributed by atoms with Crippen molar-refractivity contribution in [2.24, 2.45) is 0 Å². The molecule has 6 amide bonds. The number of amides is 6.